The molecule has 1 aromatic rings. The van der Waals surface area contributed by atoms with Crippen molar-refractivity contribution in [1.29, 1.82) is 5.26 Å². The molecular formula is C18H23NO2. The highest BCUT2D eigenvalue weighted by Crippen LogP contribution is 2.33. The van der Waals surface area contributed by atoms with Crippen molar-refractivity contribution >= 4 is 5.97 Å². The number of ether oxygens (including phenoxy) is 1. The van der Waals surface area contributed by atoms with Crippen molar-refractivity contribution in [2.75, 3.05) is 0 Å². The Morgan fingerprint density at radius 1 is 1.19 bits per heavy atom. The molecule has 112 valence electrons. The van der Waals surface area contributed by atoms with E-state index in [9.17, 15) is 4.79 Å². The minimum absolute atomic E-state index is 0.0490. The lowest BCUT2D eigenvalue weighted by molar-refractivity contribution is -0.161. The Kier molecular flexibility index (Phi) is 5.80. The Bertz CT molecular complexity index is 501. The highest BCUT2D eigenvalue weighted by Gasteiger charge is 2.30. The fraction of sp³-hybridized carbons (Fsp3) is 0.556. The molecule has 21 heavy (non-hydrogen) atoms. The van der Waals surface area contributed by atoms with Gasteiger partial charge in [0.25, 0.3) is 0 Å². The van der Waals surface area contributed by atoms with Crippen molar-refractivity contribution < 1.29 is 9.53 Å². The maximum absolute atomic E-state index is 12.1. The molecule has 1 aliphatic rings. The number of carbonyl (C=O) groups excluding carboxylic acids is 1. The van der Waals surface area contributed by atoms with Crippen LogP contribution >= 0.6 is 0 Å². The van der Waals surface area contributed by atoms with E-state index in [4.69, 9.17) is 10.00 Å². The minimum atomic E-state index is -0.142. The van der Waals surface area contributed by atoms with Crippen LogP contribution in [0.5, 0.6) is 0 Å². The van der Waals surface area contributed by atoms with Crippen LogP contribution in [0.1, 0.15) is 69.1 Å². The number of unbranched alkanes of at least 4 members (excludes halogenated alkanes) is 3. The van der Waals surface area contributed by atoms with E-state index in [0.717, 1.165) is 31.2 Å². The molecule has 0 aromatic heterocycles. The summed E-state index contributed by atoms with van der Waals surface area (Å²) in [6, 6.07) is 9.43. The van der Waals surface area contributed by atoms with Crippen LogP contribution in [0, 0.1) is 17.2 Å². The summed E-state index contributed by atoms with van der Waals surface area (Å²) in [4.78, 5) is 12.1. The second-order valence-electron chi connectivity index (χ2n) is 5.78. The normalized spacial score (nSPS) is 21.6. The standard InChI is InChI=1S/C18H23NO2/c1-2-3-4-5-6-16-11-12-17(21-18(16)20)15-9-7-14(13-19)8-10-15/h7-10,16-17H,2-6,11-12H2,1H3. The Labute approximate surface area is 126 Å². The lowest BCUT2D eigenvalue weighted by Crippen LogP contribution is -2.26. The van der Waals surface area contributed by atoms with E-state index in [0.29, 0.717) is 5.56 Å². The van der Waals surface area contributed by atoms with Gasteiger partial charge >= 0.3 is 5.97 Å². The number of esters is 1. The second-order valence-corrected chi connectivity index (χ2v) is 5.78. The van der Waals surface area contributed by atoms with Crippen molar-refractivity contribution in [2.45, 2.75) is 58.0 Å². The minimum Gasteiger partial charge on any atom is -0.457 e. The topological polar surface area (TPSA) is 50.1 Å². The average Bonchev–Trinajstić information content (AvgIpc) is 2.53. The number of hydrogen-bond donors (Lipinski definition) is 0. The van der Waals surface area contributed by atoms with E-state index >= 15 is 0 Å². The van der Waals surface area contributed by atoms with Crippen molar-refractivity contribution in [2.24, 2.45) is 5.92 Å². The first-order valence-corrected chi connectivity index (χ1v) is 7.95. The molecule has 2 atom stereocenters. The zero-order chi connectivity index (χ0) is 15.1. The number of nitriles is 1. The van der Waals surface area contributed by atoms with E-state index in [1.54, 1.807) is 12.1 Å². The molecule has 1 aromatic carbocycles. The first-order valence-electron chi connectivity index (χ1n) is 7.95. The Balaban J connectivity index is 1.85. The third kappa shape index (κ3) is 4.32. The summed E-state index contributed by atoms with van der Waals surface area (Å²) < 4.78 is 5.59. The monoisotopic (exact) mass is 285 g/mol. The molecule has 0 aliphatic carbocycles. The summed E-state index contributed by atoms with van der Waals surface area (Å²) in [5, 5.41) is 8.80. The number of hydrogen-bond acceptors (Lipinski definition) is 3. The molecule has 0 saturated carbocycles. The number of benzene rings is 1. The van der Waals surface area contributed by atoms with Gasteiger partial charge in [-0.25, -0.2) is 0 Å². The van der Waals surface area contributed by atoms with Crippen LogP contribution in [0.4, 0.5) is 0 Å². The lowest BCUT2D eigenvalue weighted by atomic mass is 9.90. The molecule has 3 nitrogen and oxygen atoms in total. The quantitative estimate of drug-likeness (QED) is 0.570. The maximum atomic E-state index is 12.1. The molecule has 0 N–H and O–H groups in total. The van der Waals surface area contributed by atoms with Crippen molar-refractivity contribution in [3.8, 4) is 6.07 Å². The fourth-order valence-electron chi connectivity index (χ4n) is 2.85. The number of carbonyl (C=O) groups is 1. The first-order chi connectivity index (χ1) is 10.2. The molecule has 1 aliphatic heterocycles. The zero-order valence-corrected chi connectivity index (χ0v) is 12.7. The molecule has 0 radical (unpaired) electrons. The summed E-state index contributed by atoms with van der Waals surface area (Å²) in [6.07, 6.45) is 7.40. The molecule has 1 fully saturated rings. The molecule has 2 rings (SSSR count). The molecule has 1 heterocycles. The van der Waals surface area contributed by atoms with E-state index in [-0.39, 0.29) is 18.0 Å². The van der Waals surface area contributed by atoms with E-state index in [1.165, 1.54) is 19.3 Å². The van der Waals surface area contributed by atoms with Crippen LogP contribution in [0.15, 0.2) is 24.3 Å². The van der Waals surface area contributed by atoms with Crippen LogP contribution < -0.4 is 0 Å². The van der Waals surface area contributed by atoms with E-state index in [2.05, 4.69) is 13.0 Å². The molecule has 0 bridgehead atoms. The smallest absolute Gasteiger partial charge is 0.309 e. The van der Waals surface area contributed by atoms with Gasteiger partial charge in [0, 0.05) is 0 Å². The van der Waals surface area contributed by atoms with Crippen LogP contribution in [0.2, 0.25) is 0 Å². The van der Waals surface area contributed by atoms with Gasteiger partial charge in [-0.15, -0.1) is 0 Å². The van der Waals surface area contributed by atoms with E-state index < -0.39 is 0 Å². The highest BCUT2D eigenvalue weighted by atomic mass is 16.5. The number of cyclic esters (lactones) is 1. The zero-order valence-electron chi connectivity index (χ0n) is 12.7. The maximum Gasteiger partial charge on any atom is 0.309 e. The summed E-state index contributed by atoms with van der Waals surface area (Å²) >= 11 is 0. The van der Waals surface area contributed by atoms with Crippen molar-refractivity contribution in [1.82, 2.24) is 0 Å². The van der Waals surface area contributed by atoms with Gasteiger partial charge in [0.05, 0.1) is 17.6 Å². The predicted molar refractivity (Wildman–Crippen MR) is 81.5 cm³/mol. The average molecular weight is 285 g/mol. The largest absolute Gasteiger partial charge is 0.457 e. The first kappa shape index (κ1) is 15.6. The summed E-state index contributed by atoms with van der Waals surface area (Å²) in [6.45, 7) is 2.19. The second kappa shape index (κ2) is 7.83. The SMILES string of the molecule is CCCCCCC1CCC(c2ccc(C#N)cc2)OC1=O. The van der Waals surface area contributed by atoms with Gasteiger partial charge in [-0.3, -0.25) is 4.79 Å². The molecule has 0 amide bonds. The lowest BCUT2D eigenvalue weighted by Gasteiger charge is -2.28. The van der Waals surface area contributed by atoms with Crippen molar-refractivity contribution in [3.63, 3.8) is 0 Å². The molecule has 0 spiro atoms. The summed E-state index contributed by atoms with van der Waals surface area (Å²) in [5.74, 6) is 0.0311. The van der Waals surface area contributed by atoms with Crippen LogP contribution in [0.3, 0.4) is 0 Å². The van der Waals surface area contributed by atoms with Crippen LogP contribution in [-0.4, -0.2) is 5.97 Å². The van der Waals surface area contributed by atoms with Gasteiger partial charge in [-0.05, 0) is 37.0 Å². The van der Waals surface area contributed by atoms with Gasteiger partial charge in [-0.1, -0.05) is 44.7 Å². The fourth-order valence-corrected chi connectivity index (χ4v) is 2.85. The molecule has 2 unspecified atom stereocenters. The number of nitrogens with zero attached hydrogens (tertiary/aromatic N) is 1. The third-order valence-electron chi connectivity index (χ3n) is 4.19. The van der Waals surface area contributed by atoms with Gasteiger partial charge in [-0.2, -0.15) is 5.26 Å². The molecular weight excluding hydrogens is 262 g/mol. The Hall–Kier alpha value is -1.82. The van der Waals surface area contributed by atoms with E-state index in [1.807, 2.05) is 12.1 Å². The summed E-state index contributed by atoms with van der Waals surface area (Å²) in [7, 11) is 0. The van der Waals surface area contributed by atoms with Gasteiger partial charge < -0.3 is 4.74 Å². The van der Waals surface area contributed by atoms with Gasteiger partial charge in [0.2, 0.25) is 0 Å². The molecule has 3 heteroatoms. The summed E-state index contributed by atoms with van der Waals surface area (Å²) in [5.41, 5.74) is 1.63. The van der Waals surface area contributed by atoms with Crippen LogP contribution in [-0.2, 0) is 9.53 Å². The van der Waals surface area contributed by atoms with Gasteiger partial charge in [0.1, 0.15) is 6.10 Å². The Morgan fingerprint density at radius 3 is 2.57 bits per heavy atom. The van der Waals surface area contributed by atoms with Crippen molar-refractivity contribution in [3.05, 3.63) is 35.4 Å². The predicted octanol–water partition coefficient (Wildman–Crippen LogP) is 4.52. The van der Waals surface area contributed by atoms with Crippen LogP contribution in [0.25, 0.3) is 0 Å². The number of rotatable bonds is 6. The highest BCUT2D eigenvalue weighted by molar-refractivity contribution is 5.73. The Morgan fingerprint density at radius 2 is 1.95 bits per heavy atom. The van der Waals surface area contributed by atoms with Gasteiger partial charge in [0.15, 0.2) is 0 Å². The third-order valence-corrected chi connectivity index (χ3v) is 4.19. The molecule has 1 saturated heterocycles.